The van der Waals surface area contributed by atoms with Gasteiger partial charge in [-0.05, 0) is 12.8 Å². The number of esters is 1. The zero-order chi connectivity index (χ0) is 27.1. The largest absolute Gasteiger partial charge is 0.628 e. The molecule has 0 saturated carbocycles. The van der Waals surface area contributed by atoms with Gasteiger partial charge < -0.3 is 19.2 Å². The fourth-order valence-corrected chi connectivity index (χ4v) is 5.89. The van der Waals surface area contributed by atoms with Gasteiger partial charge in [0, 0.05) is 6.08 Å². The van der Waals surface area contributed by atoms with Crippen molar-refractivity contribution >= 4 is 19.2 Å². The van der Waals surface area contributed by atoms with Gasteiger partial charge in [0.15, 0.2) is 6.54 Å². The molecule has 0 aromatic carbocycles. The summed E-state index contributed by atoms with van der Waals surface area (Å²) in [6, 6.07) is 0. The molecule has 0 bridgehead atoms. The second kappa shape index (κ2) is 23.4. The lowest BCUT2D eigenvalue weighted by Crippen LogP contribution is -2.40. The lowest BCUT2D eigenvalue weighted by Gasteiger charge is -2.22. The lowest BCUT2D eigenvalue weighted by molar-refractivity contribution is -0.861. The number of hydrogen-bond acceptors (Lipinski definition) is 3. The van der Waals surface area contributed by atoms with Crippen LogP contribution in [0.15, 0.2) is 12.7 Å². The third kappa shape index (κ3) is 23.6. The molecule has 2 unspecified atom stereocenters. The summed E-state index contributed by atoms with van der Waals surface area (Å²) in [7, 11) is 3.88. The first-order valence-corrected chi connectivity index (χ1v) is 16.3. The predicted molar refractivity (Wildman–Crippen MR) is 155 cm³/mol. The number of nitrogens with zero attached hydrogens (tertiary/aromatic N) is 1. The number of unbranched alkanes of at least 4 members (excludes halogenated alkanes) is 17. The highest BCUT2D eigenvalue weighted by Gasteiger charge is 2.23. The highest BCUT2D eigenvalue weighted by atomic mass is 31.1. The Balaban J connectivity index is 3.83. The Morgan fingerprint density at radius 2 is 1.22 bits per heavy atom. The molecule has 6 heteroatoms. The van der Waals surface area contributed by atoms with E-state index in [0.717, 1.165) is 18.9 Å². The molecule has 0 spiro atoms. The van der Waals surface area contributed by atoms with E-state index in [4.69, 9.17) is 4.74 Å². The minimum atomic E-state index is -1.93. The van der Waals surface area contributed by atoms with Crippen molar-refractivity contribution in [1.29, 1.82) is 0 Å². The van der Waals surface area contributed by atoms with Gasteiger partial charge in [0.2, 0.25) is 0 Å². The van der Waals surface area contributed by atoms with Crippen molar-refractivity contribution in [3.8, 4) is 0 Å². The standard InChI is InChI=1S/C30H58NO4P/c1-6-8-9-10-11-12-13-14-15-16-17-18-19-20-21-22-23-24-25-28(35-29(32)7-2)27-36(34)30(33)26-31(3,4)5/h7,28H,2,6,8-27H2,1,3-5H3/p+1. The molecule has 212 valence electrons. The molecule has 0 rings (SSSR count). The lowest BCUT2D eigenvalue weighted by atomic mass is 10.0. The molecule has 0 aromatic rings. The van der Waals surface area contributed by atoms with Gasteiger partial charge in [-0.15, -0.1) is 0 Å². The molecule has 0 saturated heterocycles. The van der Waals surface area contributed by atoms with E-state index in [2.05, 4.69) is 13.5 Å². The summed E-state index contributed by atoms with van der Waals surface area (Å²) in [6.07, 6.45) is 25.5. The molecule has 0 aromatic heterocycles. The van der Waals surface area contributed by atoms with E-state index in [0.29, 0.717) is 17.4 Å². The molecule has 5 nitrogen and oxygen atoms in total. The molecule has 0 aliphatic carbocycles. The number of carbonyl (C=O) groups is 1. The molecular formula is C30H59NO4P+. The Bertz CT molecular complexity index is 586. The van der Waals surface area contributed by atoms with E-state index in [1.54, 1.807) is 0 Å². The maximum Gasteiger partial charge on any atom is 0.330 e. The molecule has 1 N–H and O–H groups in total. The highest BCUT2D eigenvalue weighted by Crippen LogP contribution is 2.22. The molecule has 0 fully saturated rings. The minimum Gasteiger partial charge on any atom is -0.628 e. The van der Waals surface area contributed by atoms with Crippen LogP contribution in [-0.2, 0) is 9.53 Å². The summed E-state index contributed by atoms with van der Waals surface area (Å²) < 4.78 is 5.92. The van der Waals surface area contributed by atoms with E-state index in [9.17, 15) is 14.8 Å². The second-order valence-electron chi connectivity index (χ2n) is 11.5. The fraction of sp³-hybridized carbons (Fsp3) is 0.867. The number of aliphatic hydroxyl groups excluding tert-OH is 1. The van der Waals surface area contributed by atoms with Crippen molar-refractivity contribution in [3.05, 3.63) is 12.7 Å². The molecular weight excluding hydrogens is 469 g/mol. The smallest absolute Gasteiger partial charge is 0.330 e. The van der Waals surface area contributed by atoms with E-state index in [1.165, 1.54) is 103 Å². The molecule has 0 heterocycles. The Morgan fingerprint density at radius 1 is 0.833 bits per heavy atom. The van der Waals surface area contributed by atoms with Gasteiger partial charge in [0.05, 0.1) is 28.9 Å². The highest BCUT2D eigenvalue weighted by molar-refractivity contribution is 7.51. The van der Waals surface area contributed by atoms with Gasteiger partial charge in [-0.2, -0.15) is 0 Å². The van der Waals surface area contributed by atoms with Crippen LogP contribution in [-0.4, -0.2) is 61.0 Å². The zero-order valence-electron chi connectivity index (χ0n) is 24.3. The third-order valence-electron chi connectivity index (χ3n) is 6.60. The Morgan fingerprint density at radius 3 is 1.58 bits per heavy atom. The van der Waals surface area contributed by atoms with Crippen LogP contribution in [0.2, 0.25) is 0 Å². The number of likely N-dealkylation sites (N-methyl/N-ethyl adjacent to an activating group) is 1. The van der Waals surface area contributed by atoms with Crippen LogP contribution in [0.3, 0.4) is 0 Å². The van der Waals surface area contributed by atoms with E-state index >= 15 is 0 Å². The molecule has 0 amide bonds. The quantitative estimate of drug-likeness (QED) is 0.0438. The van der Waals surface area contributed by atoms with Gasteiger partial charge in [-0.1, -0.05) is 123 Å². The zero-order valence-corrected chi connectivity index (χ0v) is 25.2. The predicted octanol–water partition coefficient (Wildman–Crippen LogP) is 7.48. The van der Waals surface area contributed by atoms with Crippen LogP contribution >= 0.6 is 7.77 Å². The summed E-state index contributed by atoms with van der Waals surface area (Å²) in [5, 5.41) is 10.2. The van der Waals surface area contributed by atoms with Gasteiger partial charge in [-0.25, -0.2) is 4.79 Å². The summed E-state index contributed by atoms with van der Waals surface area (Å²) in [5.74, 6) is -0.489. The first-order chi connectivity index (χ1) is 17.2. The molecule has 0 aliphatic rings. The van der Waals surface area contributed by atoms with Crippen LogP contribution in [0.5, 0.6) is 0 Å². The summed E-state index contributed by atoms with van der Waals surface area (Å²) in [4.78, 5) is 24.2. The van der Waals surface area contributed by atoms with Crippen molar-refractivity contribution in [3.63, 3.8) is 0 Å². The third-order valence-corrected chi connectivity index (χ3v) is 8.06. The number of hydrogen-bond donors (Lipinski definition) is 1. The summed E-state index contributed by atoms with van der Waals surface area (Å²) in [6.45, 7) is 6.06. The fourth-order valence-electron chi connectivity index (χ4n) is 4.47. The molecule has 0 radical (unpaired) electrons. The maximum absolute atomic E-state index is 12.5. The van der Waals surface area contributed by atoms with Crippen LogP contribution in [0.25, 0.3) is 0 Å². The normalized spacial score (nSPS) is 13.4. The van der Waals surface area contributed by atoms with Crippen LogP contribution < -0.4 is 4.89 Å². The number of rotatable bonds is 25. The van der Waals surface area contributed by atoms with E-state index in [-0.39, 0.29) is 11.6 Å². The van der Waals surface area contributed by atoms with Crippen LogP contribution in [0.4, 0.5) is 0 Å². The van der Waals surface area contributed by atoms with Crippen molar-refractivity contribution in [2.45, 2.75) is 135 Å². The van der Waals surface area contributed by atoms with Gasteiger partial charge >= 0.3 is 5.97 Å². The van der Waals surface area contributed by atoms with E-state index in [1.807, 2.05) is 21.1 Å². The monoisotopic (exact) mass is 528 g/mol. The molecule has 36 heavy (non-hydrogen) atoms. The summed E-state index contributed by atoms with van der Waals surface area (Å²) >= 11 is 0. The Hall–Kier alpha value is -0.740. The van der Waals surface area contributed by atoms with Crippen molar-refractivity contribution < 1.29 is 24.0 Å². The van der Waals surface area contributed by atoms with Crippen molar-refractivity contribution in [2.24, 2.45) is 0 Å². The Kier molecular flexibility index (Phi) is 22.9. The molecule has 0 aliphatic heterocycles. The van der Waals surface area contributed by atoms with Crippen molar-refractivity contribution in [2.75, 3.05) is 33.8 Å². The number of aliphatic hydroxyl groups is 1. The topological polar surface area (TPSA) is 69.6 Å². The van der Waals surface area contributed by atoms with Gasteiger partial charge in [0.1, 0.15) is 12.3 Å². The average Bonchev–Trinajstić information content (AvgIpc) is 2.81. The number of ether oxygens (including phenoxy) is 1. The van der Waals surface area contributed by atoms with Crippen molar-refractivity contribution in [1.82, 2.24) is 0 Å². The molecule has 2 atom stereocenters. The van der Waals surface area contributed by atoms with Gasteiger partial charge in [-0.3, -0.25) is 0 Å². The van der Waals surface area contributed by atoms with E-state index < -0.39 is 19.8 Å². The minimum absolute atomic E-state index is 0.00467. The maximum atomic E-state index is 12.5. The van der Waals surface area contributed by atoms with Gasteiger partial charge in [0.25, 0.3) is 5.48 Å². The first kappa shape index (κ1) is 35.3. The summed E-state index contributed by atoms with van der Waals surface area (Å²) in [5.41, 5.74) is -0.00467. The average molecular weight is 529 g/mol. The first-order valence-electron chi connectivity index (χ1n) is 14.8. The second-order valence-corrected chi connectivity index (χ2v) is 13.1. The van der Waals surface area contributed by atoms with Crippen LogP contribution in [0.1, 0.15) is 129 Å². The Labute approximate surface area is 224 Å². The number of carbonyl (C=O) groups excluding carboxylic acids is 1. The van der Waals surface area contributed by atoms with Crippen LogP contribution in [0, 0.1) is 0 Å². The number of quaternary nitrogens is 1. The SMILES string of the molecule is C=CC(=O)OC(CCCCCCCCCCCCCCCCCCCC)C/[P+]([O-])=C(\O)C[N+](C)(C)C.